The number of hydrogen-bond donors (Lipinski definition) is 1. The molecule has 0 radical (unpaired) electrons. The average molecular weight is 474 g/mol. The van der Waals surface area contributed by atoms with E-state index in [0.29, 0.717) is 27.1 Å². The molecule has 0 bridgehead atoms. The highest BCUT2D eigenvalue weighted by Gasteiger charge is 2.24. The number of nitrogen functional groups attached to an aromatic ring is 1. The minimum absolute atomic E-state index is 0.0431. The first-order valence-electron chi connectivity index (χ1n) is 10.8. The van der Waals surface area contributed by atoms with Crippen LogP contribution >= 0.6 is 11.8 Å². The van der Waals surface area contributed by atoms with Crippen molar-refractivity contribution in [2.75, 3.05) is 5.73 Å². The number of hydrogen-bond acceptors (Lipinski definition) is 8. The maximum atomic E-state index is 13.3. The number of benzene rings is 1. The molecule has 1 aliphatic rings. The third-order valence-corrected chi connectivity index (χ3v) is 6.62. The lowest BCUT2D eigenvalue weighted by Crippen LogP contribution is -2.45. The van der Waals surface area contributed by atoms with E-state index in [4.69, 9.17) is 10.6 Å². The van der Waals surface area contributed by atoms with Gasteiger partial charge < -0.3 is 10.6 Å². The number of rotatable bonds is 7. The Balaban J connectivity index is 1.89. The summed E-state index contributed by atoms with van der Waals surface area (Å²) in [6.07, 6.45) is 4.88. The second kappa shape index (κ2) is 9.74. The maximum Gasteiger partial charge on any atom is 0.350 e. The molecule has 2 heterocycles. The van der Waals surface area contributed by atoms with Gasteiger partial charge in [0.1, 0.15) is 5.82 Å². The SMILES string of the molecule is CCCC(=O)On1c(=O)c(=O)n(Cc2ccc(F)cc2)c2nc(SC3CCCC3)nc(N)c21. The molecule has 11 heteroatoms. The van der Waals surface area contributed by atoms with Crippen LogP contribution in [0.4, 0.5) is 10.2 Å². The lowest BCUT2D eigenvalue weighted by Gasteiger charge is -2.16. The fourth-order valence-corrected chi connectivity index (χ4v) is 4.95. The van der Waals surface area contributed by atoms with Crippen molar-refractivity contribution in [3.05, 3.63) is 56.4 Å². The molecular weight excluding hydrogens is 449 g/mol. The maximum absolute atomic E-state index is 13.3. The minimum Gasteiger partial charge on any atom is -0.382 e. The molecule has 9 nitrogen and oxygen atoms in total. The summed E-state index contributed by atoms with van der Waals surface area (Å²) in [5.41, 5.74) is 4.78. The van der Waals surface area contributed by atoms with E-state index in [1.807, 2.05) is 0 Å². The summed E-state index contributed by atoms with van der Waals surface area (Å²) in [5.74, 6) is -1.17. The second-order valence-corrected chi connectivity index (χ2v) is 9.19. The Bertz CT molecular complexity index is 1300. The Hall–Kier alpha value is -3.21. The van der Waals surface area contributed by atoms with E-state index in [2.05, 4.69) is 9.97 Å². The summed E-state index contributed by atoms with van der Waals surface area (Å²) in [6.45, 7) is 1.74. The number of nitrogens with two attached hydrogens (primary N) is 1. The van der Waals surface area contributed by atoms with E-state index >= 15 is 0 Å². The van der Waals surface area contributed by atoms with Crippen LogP contribution in [0.5, 0.6) is 0 Å². The molecule has 4 rings (SSSR count). The van der Waals surface area contributed by atoms with Crippen molar-refractivity contribution in [1.29, 1.82) is 0 Å². The van der Waals surface area contributed by atoms with Crippen molar-refractivity contribution in [1.82, 2.24) is 19.3 Å². The smallest absolute Gasteiger partial charge is 0.350 e. The summed E-state index contributed by atoms with van der Waals surface area (Å²) in [6, 6.07) is 5.56. The van der Waals surface area contributed by atoms with Crippen molar-refractivity contribution in [2.24, 2.45) is 0 Å². The highest BCUT2D eigenvalue weighted by atomic mass is 32.2. The van der Waals surface area contributed by atoms with Gasteiger partial charge in [0, 0.05) is 11.7 Å². The molecule has 0 aliphatic heterocycles. The highest BCUT2D eigenvalue weighted by molar-refractivity contribution is 7.99. The molecule has 2 aromatic heterocycles. The lowest BCUT2D eigenvalue weighted by molar-refractivity contribution is -0.144. The number of nitrogens with zero attached hydrogens (tertiary/aromatic N) is 4. The number of anilines is 1. The van der Waals surface area contributed by atoms with Gasteiger partial charge in [-0.1, -0.05) is 43.7 Å². The van der Waals surface area contributed by atoms with Crippen LogP contribution in [0.3, 0.4) is 0 Å². The van der Waals surface area contributed by atoms with Gasteiger partial charge in [-0.2, -0.15) is 0 Å². The molecule has 3 aromatic rings. The van der Waals surface area contributed by atoms with Crippen molar-refractivity contribution in [2.45, 2.75) is 62.4 Å². The Morgan fingerprint density at radius 1 is 1.18 bits per heavy atom. The largest absolute Gasteiger partial charge is 0.382 e. The van der Waals surface area contributed by atoms with Gasteiger partial charge in [-0.05, 0) is 37.0 Å². The van der Waals surface area contributed by atoms with Crippen LogP contribution in [0.25, 0.3) is 11.2 Å². The Labute approximate surface area is 192 Å². The van der Waals surface area contributed by atoms with E-state index < -0.39 is 22.9 Å². The normalized spacial score (nSPS) is 14.1. The number of halogens is 1. The predicted molar refractivity (Wildman–Crippen MR) is 123 cm³/mol. The number of fused-ring (bicyclic) bond motifs is 1. The van der Waals surface area contributed by atoms with Gasteiger partial charge in [0.15, 0.2) is 22.1 Å². The molecule has 2 N–H and O–H groups in total. The first kappa shape index (κ1) is 23.0. The lowest BCUT2D eigenvalue weighted by atomic mass is 10.2. The Kier molecular flexibility index (Phi) is 6.77. The molecule has 1 aliphatic carbocycles. The van der Waals surface area contributed by atoms with Crippen molar-refractivity contribution < 1.29 is 14.0 Å². The van der Waals surface area contributed by atoms with E-state index in [0.717, 1.165) is 30.3 Å². The number of aromatic nitrogens is 4. The fourth-order valence-electron chi connectivity index (χ4n) is 3.79. The molecule has 174 valence electrons. The zero-order chi connectivity index (χ0) is 23.5. The van der Waals surface area contributed by atoms with Crippen LogP contribution < -0.4 is 21.7 Å². The van der Waals surface area contributed by atoms with Crippen molar-refractivity contribution in [3.8, 4) is 0 Å². The van der Waals surface area contributed by atoms with Crippen molar-refractivity contribution >= 4 is 34.7 Å². The van der Waals surface area contributed by atoms with Crippen LogP contribution in [0.2, 0.25) is 0 Å². The zero-order valence-corrected chi connectivity index (χ0v) is 18.9. The molecule has 0 saturated heterocycles. The Morgan fingerprint density at radius 2 is 1.88 bits per heavy atom. The van der Waals surface area contributed by atoms with Crippen LogP contribution in [0.15, 0.2) is 39.0 Å². The molecule has 0 spiro atoms. The third-order valence-electron chi connectivity index (χ3n) is 5.42. The van der Waals surface area contributed by atoms with Gasteiger partial charge in [0.05, 0.1) is 6.54 Å². The fraction of sp³-hybridized carbons (Fsp3) is 0.409. The number of carbonyl (C=O) groups is 1. The van der Waals surface area contributed by atoms with Crippen LogP contribution in [0, 0.1) is 5.82 Å². The van der Waals surface area contributed by atoms with Gasteiger partial charge in [-0.15, -0.1) is 4.73 Å². The van der Waals surface area contributed by atoms with Crippen molar-refractivity contribution in [3.63, 3.8) is 0 Å². The quantitative estimate of drug-likeness (QED) is 0.410. The summed E-state index contributed by atoms with van der Waals surface area (Å²) < 4.78 is 15.1. The molecule has 33 heavy (non-hydrogen) atoms. The monoisotopic (exact) mass is 473 g/mol. The van der Waals surface area contributed by atoms with Gasteiger partial charge in [0.25, 0.3) is 0 Å². The first-order chi connectivity index (χ1) is 15.9. The van der Waals surface area contributed by atoms with Crippen LogP contribution in [-0.2, 0) is 11.3 Å². The standard InChI is InChI=1S/C22H24FN5O4S/c1-2-5-16(29)32-28-17-18(24)25-22(33-15-6-3-4-7-15)26-19(17)27(20(30)21(28)31)12-13-8-10-14(23)11-9-13/h8-11,15H,2-7,12H2,1H3,(H2,24,25,26). The molecule has 0 amide bonds. The second-order valence-electron chi connectivity index (χ2n) is 7.92. The number of carbonyl (C=O) groups excluding carboxylic acids is 1. The average Bonchev–Trinajstić information content (AvgIpc) is 3.28. The molecule has 1 fully saturated rings. The molecule has 0 atom stereocenters. The highest BCUT2D eigenvalue weighted by Crippen LogP contribution is 2.34. The van der Waals surface area contributed by atoms with Gasteiger partial charge >= 0.3 is 17.1 Å². The minimum atomic E-state index is -1.08. The third kappa shape index (κ3) is 4.92. The molecule has 0 unspecified atom stereocenters. The van der Waals surface area contributed by atoms with Gasteiger partial charge in [-0.25, -0.2) is 19.2 Å². The predicted octanol–water partition coefficient (Wildman–Crippen LogP) is 2.51. The van der Waals surface area contributed by atoms with Crippen LogP contribution in [-0.4, -0.2) is 30.5 Å². The van der Waals surface area contributed by atoms with E-state index in [9.17, 15) is 18.8 Å². The van der Waals surface area contributed by atoms with Gasteiger partial charge in [-0.3, -0.25) is 14.2 Å². The topological polar surface area (TPSA) is 122 Å². The zero-order valence-electron chi connectivity index (χ0n) is 18.1. The van der Waals surface area contributed by atoms with Gasteiger partial charge in [0.2, 0.25) is 0 Å². The molecule has 1 aromatic carbocycles. The summed E-state index contributed by atoms with van der Waals surface area (Å²) in [7, 11) is 0. The molecular formula is C22H24FN5O4S. The van der Waals surface area contributed by atoms with Crippen LogP contribution in [0.1, 0.15) is 51.0 Å². The first-order valence-corrected chi connectivity index (χ1v) is 11.7. The van der Waals surface area contributed by atoms with E-state index in [-0.39, 0.29) is 29.9 Å². The summed E-state index contributed by atoms with van der Waals surface area (Å²) >= 11 is 1.47. The number of thioether (sulfide) groups is 1. The molecule has 1 saturated carbocycles. The summed E-state index contributed by atoms with van der Waals surface area (Å²) in [4.78, 5) is 52.1. The van der Waals surface area contributed by atoms with E-state index in [1.165, 1.54) is 36.0 Å². The summed E-state index contributed by atoms with van der Waals surface area (Å²) in [5, 5.41) is 0.719. The van der Waals surface area contributed by atoms with E-state index in [1.54, 1.807) is 6.92 Å². The Morgan fingerprint density at radius 3 is 2.55 bits per heavy atom.